The third kappa shape index (κ3) is 2.71. The minimum Gasteiger partial charge on any atom is -0.394 e. The Labute approximate surface area is 127 Å². The predicted octanol–water partition coefficient (Wildman–Crippen LogP) is 1.78. The van der Waals surface area contributed by atoms with Crippen molar-refractivity contribution in [3.63, 3.8) is 0 Å². The third-order valence-electron chi connectivity index (χ3n) is 3.58. The number of nitrogens with one attached hydrogen (secondary N) is 2. The van der Waals surface area contributed by atoms with Crippen molar-refractivity contribution < 1.29 is 5.11 Å². The van der Waals surface area contributed by atoms with Crippen LogP contribution in [0.4, 0.5) is 11.8 Å². The number of hydrogen-bond acceptors (Lipinski definition) is 6. The fourth-order valence-corrected chi connectivity index (χ4v) is 2.31. The van der Waals surface area contributed by atoms with Gasteiger partial charge < -0.3 is 16.2 Å². The van der Waals surface area contributed by atoms with Crippen LogP contribution in [0.5, 0.6) is 0 Å². The number of hydrogen-bond donors (Lipinski definition) is 4. The summed E-state index contributed by atoms with van der Waals surface area (Å²) in [7, 11) is 0. The van der Waals surface area contributed by atoms with E-state index in [9.17, 15) is 5.11 Å². The van der Waals surface area contributed by atoms with Gasteiger partial charge in [-0.05, 0) is 24.6 Å². The van der Waals surface area contributed by atoms with E-state index in [2.05, 4.69) is 25.5 Å². The van der Waals surface area contributed by atoms with Crippen LogP contribution in [0.1, 0.15) is 13.3 Å². The number of fused-ring (bicyclic) bond motifs is 1. The summed E-state index contributed by atoms with van der Waals surface area (Å²) in [6.07, 6.45) is 2.49. The molecule has 7 nitrogen and oxygen atoms in total. The van der Waals surface area contributed by atoms with Gasteiger partial charge in [-0.25, -0.2) is 4.98 Å². The van der Waals surface area contributed by atoms with Gasteiger partial charge in [-0.15, -0.1) is 0 Å². The first-order valence-corrected chi connectivity index (χ1v) is 7.15. The number of rotatable bonds is 5. The van der Waals surface area contributed by atoms with Gasteiger partial charge in [0.05, 0.1) is 23.9 Å². The largest absolute Gasteiger partial charge is 0.394 e. The van der Waals surface area contributed by atoms with Crippen molar-refractivity contribution in [3.05, 3.63) is 30.5 Å². The normalized spacial score (nSPS) is 12.5. The SMILES string of the molecule is CCC(CO)Nc1nc(N)nc2cc(-c3ccn[nH]3)ccc12. The molecule has 0 spiro atoms. The Morgan fingerprint density at radius 2 is 2.18 bits per heavy atom. The summed E-state index contributed by atoms with van der Waals surface area (Å²) in [6.45, 7) is 2.03. The van der Waals surface area contributed by atoms with E-state index in [1.54, 1.807) is 6.20 Å². The van der Waals surface area contributed by atoms with Gasteiger partial charge in [-0.3, -0.25) is 5.10 Å². The maximum absolute atomic E-state index is 9.35. The summed E-state index contributed by atoms with van der Waals surface area (Å²) in [5, 5.41) is 20.3. The Morgan fingerprint density at radius 3 is 2.86 bits per heavy atom. The second-order valence-corrected chi connectivity index (χ2v) is 5.06. The molecule has 3 aromatic rings. The zero-order valence-electron chi connectivity index (χ0n) is 12.2. The molecule has 0 saturated carbocycles. The van der Waals surface area contributed by atoms with Crippen molar-refractivity contribution >= 4 is 22.7 Å². The van der Waals surface area contributed by atoms with Crippen LogP contribution in [0.25, 0.3) is 22.2 Å². The zero-order chi connectivity index (χ0) is 15.5. The maximum atomic E-state index is 9.35. The predicted molar refractivity (Wildman–Crippen MR) is 86.3 cm³/mol. The zero-order valence-corrected chi connectivity index (χ0v) is 12.2. The van der Waals surface area contributed by atoms with Gasteiger partial charge in [-0.2, -0.15) is 10.1 Å². The van der Waals surface area contributed by atoms with Crippen molar-refractivity contribution in [2.45, 2.75) is 19.4 Å². The molecule has 3 rings (SSSR count). The molecule has 1 unspecified atom stereocenters. The van der Waals surface area contributed by atoms with Crippen LogP contribution in [-0.4, -0.2) is 37.9 Å². The number of aliphatic hydroxyl groups excluding tert-OH is 1. The van der Waals surface area contributed by atoms with Crippen LogP contribution in [0.2, 0.25) is 0 Å². The van der Waals surface area contributed by atoms with Crippen molar-refractivity contribution in [2.75, 3.05) is 17.7 Å². The average molecular weight is 298 g/mol. The van der Waals surface area contributed by atoms with Crippen LogP contribution in [0.3, 0.4) is 0 Å². The number of nitrogens with zero attached hydrogens (tertiary/aromatic N) is 3. The van der Waals surface area contributed by atoms with Crippen LogP contribution >= 0.6 is 0 Å². The number of nitrogens with two attached hydrogens (primary N) is 1. The van der Waals surface area contributed by atoms with Crippen LogP contribution < -0.4 is 11.1 Å². The van der Waals surface area contributed by atoms with Crippen molar-refractivity contribution in [2.24, 2.45) is 0 Å². The number of anilines is 2. The van der Waals surface area contributed by atoms with E-state index in [1.165, 1.54) is 0 Å². The molecule has 114 valence electrons. The van der Waals surface area contributed by atoms with Gasteiger partial charge in [0.25, 0.3) is 0 Å². The molecule has 0 aliphatic heterocycles. The first-order valence-electron chi connectivity index (χ1n) is 7.15. The lowest BCUT2D eigenvalue weighted by Crippen LogP contribution is -2.23. The first kappa shape index (κ1) is 14.3. The molecule has 0 radical (unpaired) electrons. The number of aromatic nitrogens is 4. The highest BCUT2D eigenvalue weighted by Gasteiger charge is 2.12. The van der Waals surface area contributed by atoms with Gasteiger partial charge in [0.2, 0.25) is 5.95 Å². The standard InChI is InChI=1S/C15H18N6O/c1-2-10(8-22)18-14-11-4-3-9(12-5-6-17-21-12)7-13(11)19-15(16)20-14/h3-7,10,22H,2,8H2,1H3,(H,17,21)(H3,16,18,19,20). The van der Waals surface area contributed by atoms with E-state index in [-0.39, 0.29) is 18.6 Å². The van der Waals surface area contributed by atoms with Gasteiger partial charge >= 0.3 is 0 Å². The lowest BCUT2D eigenvalue weighted by Gasteiger charge is -2.16. The smallest absolute Gasteiger partial charge is 0.222 e. The molecule has 2 aromatic heterocycles. The number of nitrogen functional groups attached to an aromatic ring is 1. The molecule has 7 heteroatoms. The molecule has 5 N–H and O–H groups in total. The number of aromatic amines is 1. The van der Waals surface area contributed by atoms with Crippen LogP contribution in [0, 0.1) is 0 Å². The lowest BCUT2D eigenvalue weighted by molar-refractivity contribution is 0.271. The van der Waals surface area contributed by atoms with Gasteiger partial charge in [-0.1, -0.05) is 13.0 Å². The highest BCUT2D eigenvalue weighted by atomic mass is 16.3. The maximum Gasteiger partial charge on any atom is 0.222 e. The van der Waals surface area contributed by atoms with E-state index < -0.39 is 0 Å². The summed E-state index contributed by atoms with van der Waals surface area (Å²) >= 11 is 0. The molecule has 2 heterocycles. The van der Waals surface area contributed by atoms with Crippen molar-refractivity contribution in [1.29, 1.82) is 0 Å². The Hall–Kier alpha value is -2.67. The van der Waals surface area contributed by atoms with Crippen molar-refractivity contribution in [3.8, 4) is 11.3 Å². The Balaban J connectivity index is 2.06. The average Bonchev–Trinajstić information content (AvgIpc) is 3.06. The van der Waals surface area contributed by atoms with E-state index in [0.717, 1.165) is 28.6 Å². The second-order valence-electron chi connectivity index (χ2n) is 5.06. The molecule has 1 aromatic carbocycles. The molecule has 0 saturated heterocycles. The van der Waals surface area contributed by atoms with Crippen LogP contribution in [-0.2, 0) is 0 Å². The van der Waals surface area contributed by atoms with Gasteiger partial charge in [0.1, 0.15) is 5.82 Å². The molecule has 0 aliphatic carbocycles. The van der Waals surface area contributed by atoms with Gasteiger partial charge in [0, 0.05) is 17.1 Å². The van der Waals surface area contributed by atoms with E-state index in [0.29, 0.717) is 5.82 Å². The third-order valence-corrected chi connectivity index (χ3v) is 3.58. The second kappa shape index (κ2) is 5.98. The van der Waals surface area contributed by atoms with Crippen LogP contribution in [0.15, 0.2) is 30.5 Å². The Kier molecular flexibility index (Phi) is 3.88. The Morgan fingerprint density at radius 1 is 1.32 bits per heavy atom. The minimum atomic E-state index is -0.0650. The monoisotopic (exact) mass is 298 g/mol. The van der Waals surface area contributed by atoms with Crippen molar-refractivity contribution in [1.82, 2.24) is 20.2 Å². The van der Waals surface area contributed by atoms with Gasteiger partial charge in [0.15, 0.2) is 0 Å². The molecular weight excluding hydrogens is 280 g/mol. The molecule has 0 aliphatic rings. The van der Waals surface area contributed by atoms with E-state index in [1.807, 2.05) is 31.2 Å². The molecule has 0 bridgehead atoms. The fourth-order valence-electron chi connectivity index (χ4n) is 2.31. The van der Waals surface area contributed by atoms with E-state index >= 15 is 0 Å². The summed E-state index contributed by atoms with van der Waals surface area (Å²) in [5.74, 6) is 0.837. The number of aliphatic hydroxyl groups is 1. The highest BCUT2D eigenvalue weighted by molar-refractivity contribution is 5.92. The van der Waals surface area contributed by atoms with E-state index in [4.69, 9.17) is 5.73 Å². The quantitative estimate of drug-likeness (QED) is 0.571. The number of benzene rings is 1. The minimum absolute atomic E-state index is 0.0358. The number of H-pyrrole nitrogens is 1. The summed E-state index contributed by atoms with van der Waals surface area (Å²) in [6, 6.07) is 7.68. The molecular formula is C15H18N6O. The molecule has 0 amide bonds. The fraction of sp³-hybridized carbons (Fsp3) is 0.267. The molecule has 1 atom stereocenters. The molecule has 22 heavy (non-hydrogen) atoms. The topological polar surface area (TPSA) is 113 Å². The summed E-state index contributed by atoms with van der Waals surface area (Å²) < 4.78 is 0. The molecule has 0 fully saturated rings. The first-order chi connectivity index (χ1) is 10.7. The Bertz CT molecular complexity index is 767. The summed E-state index contributed by atoms with van der Waals surface area (Å²) in [4.78, 5) is 8.55. The highest BCUT2D eigenvalue weighted by Crippen LogP contribution is 2.26. The summed E-state index contributed by atoms with van der Waals surface area (Å²) in [5.41, 5.74) is 8.44. The lowest BCUT2D eigenvalue weighted by atomic mass is 10.1.